The smallest absolute Gasteiger partial charge is 0.0678 e. The highest BCUT2D eigenvalue weighted by atomic mass is 16.5. The Bertz CT molecular complexity index is 223. The largest absolute Gasteiger partial charge is 0.373 e. The van der Waals surface area contributed by atoms with E-state index in [1.165, 1.54) is 0 Å². The minimum absolute atomic E-state index is 0.368. The molecule has 4 unspecified atom stereocenters. The highest BCUT2D eigenvalue weighted by Gasteiger charge is 2.28. The second kappa shape index (κ2) is 7.46. The summed E-state index contributed by atoms with van der Waals surface area (Å²) in [5.41, 5.74) is 0. The molecular weight excluding hydrogens is 224 g/mol. The van der Waals surface area contributed by atoms with E-state index in [9.17, 15) is 0 Å². The van der Waals surface area contributed by atoms with Gasteiger partial charge >= 0.3 is 0 Å². The first kappa shape index (κ1) is 15.9. The lowest BCUT2D eigenvalue weighted by atomic mass is 10.00. The molecule has 108 valence electrons. The Balaban J connectivity index is 2.35. The van der Waals surface area contributed by atoms with Crippen molar-refractivity contribution in [2.24, 2.45) is 11.8 Å². The minimum atomic E-state index is 0.368. The van der Waals surface area contributed by atoms with Gasteiger partial charge in [-0.05, 0) is 45.7 Å². The average Bonchev–Trinajstić information content (AvgIpc) is 2.26. The monoisotopic (exact) mass is 256 g/mol. The summed E-state index contributed by atoms with van der Waals surface area (Å²) in [4.78, 5) is 2.58. The van der Waals surface area contributed by atoms with E-state index in [0.717, 1.165) is 32.1 Å². The van der Waals surface area contributed by atoms with E-state index < -0.39 is 0 Å². The summed E-state index contributed by atoms with van der Waals surface area (Å²) in [5.74, 6) is 1.41. The lowest BCUT2D eigenvalue weighted by Gasteiger charge is -2.41. The van der Waals surface area contributed by atoms with E-state index in [1.54, 1.807) is 0 Å². The predicted octanol–water partition coefficient (Wildman–Crippen LogP) is 2.37. The van der Waals surface area contributed by atoms with Crippen LogP contribution in [0.3, 0.4) is 0 Å². The molecule has 0 aliphatic carbocycles. The molecule has 1 aliphatic heterocycles. The van der Waals surface area contributed by atoms with Crippen molar-refractivity contribution in [3.05, 3.63) is 0 Å². The normalized spacial score (nSPS) is 29.5. The van der Waals surface area contributed by atoms with Crippen molar-refractivity contribution in [1.82, 2.24) is 10.2 Å². The Hall–Kier alpha value is -0.120. The molecule has 1 heterocycles. The Labute approximate surface area is 113 Å². The third-order valence-corrected chi connectivity index (χ3v) is 3.87. The van der Waals surface area contributed by atoms with Crippen LogP contribution in [0.25, 0.3) is 0 Å². The van der Waals surface area contributed by atoms with Crippen LogP contribution in [-0.4, -0.2) is 49.3 Å². The van der Waals surface area contributed by atoms with Gasteiger partial charge in [-0.2, -0.15) is 0 Å². The minimum Gasteiger partial charge on any atom is -0.373 e. The molecule has 0 aromatic heterocycles. The maximum atomic E-state index is 5.80. The number of morpholine rings is 1. The molecule has 1 rings (SSSR count). The SMILES string of the molecule is CC(C)CNCC(C)C(C)N1CC(C)OC(C)C1. The molecule has 3 nitrogen and oxygen atoms in total. The third kappa shape index (κ3) is 5.25. The van der Waals surface area contributed by atoms with Crippen molar-refractivity contribution in [2.45, 2.75) is 59.8 Å². The van der Waals surface area contributed by atoms with Gasteiger partial charge in [0.05, 0.1) is 12.2 Å². The summed E-state index contributed by atoms with van der Waals surface area (Å²) in [7, 11) is 0. The zero-order valence-electron chi connectivity index (χ0n) is 13.1. The fraction of sp³-hybridized carbons (Fsp3) is 1.00. The van der Waals surface area contributed by atoms with Gasteiger partial charge < -0.3 is 10.1 Å². The van der Waals surface area contributed by atoms with Crippen molar-refractivity contribution in [3.8, 4) is 0 Å². The molecule has 0 spiro atoms. The van der Waals surface area contributed by atoms with Gasteiger partial charge in [-0.15, -0.1) is 0 Å². The van der Waals surface area contributed by atoms with E-state index in [4.69, 9.17) is 4.74 Å². The average molecular weight is 256 g/mol. The van der Waals surface area contributed by atoms with Crippen LogP contribution >= 0.6 is 0 Å². The Kier molecular flexibility index (Phi) is 6.61. The Morgan fingerprint density at radius 3 is 2.11 bits per heavy atom. The molecule has 0 aromatic carbocycles. The summed E-state index contributed by atoms with van der Waals surface area (Å²) in [5, 5.41) is 3.57. The number of nitrogens with one attached hydrogen (secondary N) is 1. The lowest BCUT2D eigenvalue weighted by Crippen LogP contribution is -2.52. The fourth-order valence-corrected chi connectivity index (χ4v) is 2.68. The predicted molar refractivity (Wildman–Crippen MR) is 77.9 cm³/mol. The summed E-state index contributed by atoms with van der Waals surface area (Å²) in [6, 6.07) is 0.624. The molecule has 1 aliphatic rings. The van der Waals surface area contributed by atoms with Gasteiger partial charge in [-0.3, -0.25) is 4.90 Å². The maximum Gasteiger partial charge on any atom is 0.0678 e. The molecule has 0 bridgehead atoms. The topological polar surface area (TPSA) is 24.5 Å². The molecule has 1 N–H and O–H groups in total. The van der Waals surface area contributed by atoms with Crippen molar-refractivity contribution in [1.29, 1.82) is 0 Å². The van der Waals surface area contributed by atoms with Crippen LogP contribution < -0.4 is 5.32 Å². The van der Waals surface area contributed by atoms with E-state index in [0.29, 0.717) is 24.2 Å². The molecule has 0 radical (unpaired) electrons. The van der Waals surface area contributed by atoms with Crippen LogP contribution in [0.5, 0.6) is 0 Å². The van der Waals surface area contributed by atoms with Crippen LogP contribution in [0.2, 0.25) is 0 Å². The molecule has 1 saturated heterocycles. The second-order valence-corrected chi connectivity index (χ2v) is 6.48. The summed E-state index contributed by atoms with van der Waals surface area (Å²) >= 11 is 0. The highest BCUT2D eigenvalue weighted by molar-refractivity contribution is 4.81. The first-order chi connectivity index (χ1) is 8.40. The first-order valence-electron chi connectivity index (χ1n) is 7.50. The molecule has 3 heteroatoms. The summed E-state index contributed by atoms with van der Waals surface area (Å²) < 4.78 is 5.80. The number of ether oxygens (including phenoxy) is 1. The lowest BCUT2D eigenvalue weighted by molar-refractivity contribution is -0.0837. The zero-order chi connectivity index (χ0) is 13.7. The third-order valence-electron chi connectivity index (χ3n) is 3.87. The Morgan fingerprint density at radius 2 is 1.61 bits per heavy atom. The molecule has 18 heavy (non-hydrogen) atoms. The highest BCUT2D eigenvalue weighted by Crippen LogP contribution is 2.17. The van der Waals surface area contributed by atoms with Gasteiger partial charge in [0.2, 0.25) is 0 Å². The number of rotatable bonds is 6. The van der Waals surface area contributed by atoms with Crippen molar-refractivity contribution >= 4 is 0 Å². The molecule has 4 atom stereocenters. The molecular formula is C15H32N2O. The maximum absolute atomic E-state index is 5.80. The zero-order valence-corrected chi connectivity index (χ0v) is 13.1. The standard InChI is InChI=1S/C15H32N2O/c1-11(2)7-16-8-12(3)15(6)17-9-13(4)18-14(5)10-17/h11-16H,7-10H2,1-6H3. The first-order valence-corrected chi connectivity index (χ1v) is 7.50. The molecule has 0 amide bonds. The van der Waals surface area contributed by atoms with Gasteiger partial charge in [-0.1, -0.05) is 20.8 Å². The quantitative estimate of drug-likeness (QED) is 0.789. The van der Waals surface area contributed by atoms with E-state index in [-0.39, 0.29) is 0 Å². The van der Waals surface area contributed by atoms with Crippen LogP contribution in [-0.2, 0) is 4.74 Å². The van der Waals surface area contributed by atoms with Crippen molar-refractivity contribution in [3.63, 3.8) is 0 Å². The fourth-order valence-electron chi connectivity index (χ4n) is 2.68. The van der Waals surface area contributed by atoms with Gasteiger partial charge in [0.1, 0.15) is 0 Å². The van der Waals surface area contributed by atoms with Gasteiger partial charge in [0.25, 0.3) is 0 Å². The van der Waals surface area contributed by atoms with Crippen LogP contribution in [0.15, 0.2) is 0 Å². The second-order valence-electron chi connectivity index (χ2n) is 6.48. The Morgan fingerprint density at radius 1 is 1.06 bits per heavy atom. The number of hydrogen-bond acceptors (Lipinski definition) is 3. The van der Waals surface area contributed by atoms with Gasteiger partial charge in [0.15, 0.2) is 0 Å². The van der Waals surface area contributed by atoms with Crippen LogP contribution in [0.1, 0.15) is 41.5 Å². The number of nitrogens with zero attached hydrogens (tertiary/aromatic N) is 1. The van der Waals surface area contributed by atoms with Gasteiger partial charge in [0, 0.05) is 19.1 Å². The molecule has 0 saturated carbocycles. The molecule has 0 aromatic rings. The van der Waals surface area contributed by atoms with Crippen LogP contribution in [0.4, 0.5) is 0 Å². The van der Waals surface area contributed by atoms with Crippen molar-refractivity contribution in [2.75, 3.05) is 26.2 Å². The van der Waals surface area contributed by atoms with E-state index in [2.05, 4.69) is 51.8 Å². The summed E-state index contributed by atoms with van der Waals surface area (Å²) in [6.45, 7) is 17.9. The molecule has 1 fully saturated rings. The van der Waals surface area contributed by atoms with Crippen LogP contribution in [0, 0.1) is 11.8 Å². The van der Waals surface area contributed by atoms with E-state index >= 15 is 0 Å². The van der Waals surface area contributed by atoms with Crippen molar-refractivity contribution < 1.29 is 4.74 Å². The van der Waals surface area contributed by atoms with Gasteiger partial charge in [-0.25, -0.2) is 0 Å². The summed E-state index contributed by atoms with van der Waals surface area (Å²) in [6.07, 6.45) is 0.735. The van der Waals surface area contributed by atoms with E-state index in [1.807, 2.05) is 0 Å². The number of hydrogen-bond donors (Lipinski definition) is 1.